The van der Waals surface area contributed by atoms with Crippen LogP contribution in [-0.4, -0.2) is 75.7 Å². The van der Waals surface area contributed by atoms with Crippen LogP contribution in [0.5, 0.6) is 5.88 Å². The van der Waals surface area contributed by atoms with Crippen LogP contribution in [0, 0.1) is 0 Å². The number of hydrogen-bond acceptors (Lipinski definition) is 8. The summed E-state index contributed by atoms with van der Waals surface area (Å²) in [7, 11) is 0. The molecule has 1 aromatic heterocycles. The van der Waals surface area contributed by atoms with Crippen molar-refractivity contribution in [2.24, 2.45) is 0 Å². The van der Waals surface area contributed by atoms with Gasteiger partial charge in [0.2, 0.25) is 11.8 Å². The van der Waals surface area contributed by atoms with Gasteiger partial charge in [0.05, 0.1) is 17.0 Å². The van der Waals surface area contributed by atoms with Gasteiger partial charge in [-0.25, -0.2) is 4.98 Å². The Balaban J connectivity index is 0.000000516. The van der Waals surface area contributed by atoms with Gasteiger partial charge >= 0.3 is 0 Å². The summed E-state index contributed by atoms with van der Waals surface area (Å²) in [5, 5.41) is 31.4. The lowest BCUT2D eigenvalue weighted by Crippen LogP contribution is -2.44. The number of aromatic nitrogens is 2. The van der Waals surface area contributed by atoms with Crippen molar-refractivity contribution in [3.8, 4) is 5.88 Å². The average Bonchev–Trinajstić information content (AvgIpc) is 3.00. The standard InChI is InChI=1S/C17H22N4O3.C2H4O2/c22-13-5-6-14(15(13)23)24-16-11-3-1-2-4-12(11)19-17(20-16)21-9-7-18-8-10-21;1-2(3)4/h1-4,13-15,18,22-23H,5-10H2;1H3,(H,3,4)/t13-,14-,15-;/m0./s1. The minimum absolute atomic E-state index is 0.436. The second kappa shape index (κ2) is 9.13. The van der Waals surface area contributed by atoms with Crippen molar-refractivity contribution in [2.45, 2.75) is 38.1 Å². The first kappa shape index (κ1) is 20.2. The summed E-state index contributed by atoms with van der Waals surface area (Å²) < 4.78 is 6.00. The minimum atomic E-state index is -0.874. The highest BCUT2D eigenvalue weighted by atomic mass is 16.5. The second-order valence-electron chi connectivity index (χ2n) is 6.89. The number of aliphatic hydroxyl groups excluding tert-OH is 2. The molecule has 1 saturated carbocycles. The van der Waals surface area contributed by atoms with Crippen LogP contribution in [-0.2, 0) is 4.79 Å². The Morgan fingerprint density at radius 2 is 1.86 bits per heavy atom. The number of para-hydroxylation sites is 1. The monoisotopic (exact) mass is 390 g/mol. The first-order valence-corrected chi connectivity index (χ1v) is 9.40. The van der Waals surface area contributed by atoms with Gasteiger partial charge in [0.25, 0.3) is 5.97 Å². The van der Waals surface area contributed by atoms with E-state index in [1.165, 1.54) is 0 Å². The number of ether oxygens (including phenoxy) is 1. The van der Waals surface area contributed by atoms with Crippen molar-refractivity contribution in [1.29, 1.82) is 0 Å². The van der Waals surface area contributed by atoms with Crippen molar-refractivity contribution in [2.75, 3.05) is 31.1 Å². The molecule has 3 atom stereocenters. The fourth-order valence-electron chi connectivity index (χ4n) is 3.33. The Morgan fingerprint density at radius 1 is 1.18 bits per heavy atom. The van der Waals surface area contributed by atoms with Gasteiger partial charge < -0.3 is 30.3 Å². The van der Waals surface area contributed by atoms with E-state index in [-0.39, 0.29) is 0 Å². The molecular formula is C19H26N4O5. The SMILES string of the molecule is CC(=O)O.O[C@@H]1[C@@H](Oc2nc(N3CCNCC3)nc3ccccc23)CC[C@@H]1O. The third-order valence-corrected chi connectivity index (χ3v) is 4.74. The van der Waals surface area contributed by atoms with Crippen LogP contribution in [0.25, 0.3) is 10.9 Å². The predicted molar refractivity (Wildman–Crippen MR) is 104 cm³/mol. The third-order valence-electron chi connectivity index (χ3n) is 4.74. The van der Waals surface area contributed by atoms with Gasteiger partial charge in [0.15, 0.2) is 0 Å². The molecular weight excluding hydrogens is 364 g/mol. The lowest BCUT2D eigenvalue weighted by atomic mass is 10.2. The third kappa shape index (κ3) is 4.86. The van der Waals surface area contributed by atoms with E-state index in [4.69, 9.17) is 14.6 Å². The second-order valence-corrected chi connectivity index (χ2v) is 6.89. The quantitative estimate of drug-likeness (QED) is 0.588. The molecule has 9 nitrogen and oxygen atoms in total. The van der Waals surface area contributed by atoms with Crippen LogP contribution in [0.3, 0.4) is 0 Å². The topological polar surface area (TPSA) is 128 Å². The molecule has 4 N–H and O–H groups in total. The maximum atomic E-state index is 10.1. The molecule has 2 fully saturated rings. The Hall–Kier alpha value is -2.49. The van der Waals surface area contributed by atoms with E-state index in [1.807, 2.05) is 24.3 Å². The molecule has 0 spiro atoms. The van der Waals surface area contributed by atoms with E-state index in [0.717, 1.165) is 44.0 Å². The molecule has 0 radical (unpaired) electrons. The predicted octanol–water partition coefficient (Wildman–Crippen LogP) is 0.393. The number of aliphatic carboxylic acids is 1. The van der Waals surface area contributed by atoms with Crippen molar-refractivity contribution < 1.29 is 24.9 Å². The number of carboxylic acids is 1. The summed E-state index contributed by atoms with van der Waals surface area (Å²) in [6.45, 7) is 4.59. The smallest absolute Gasteiger partial charge is 0.300 e. The molecule has 1 aromatic carbocycles. The number of carbonyl (C=O) groups is 1. The molecule has 28 heavy (non-hydrogen) atoms. The van der Waals surface area contributed by atoms with Gasteiger partial charge in [-0.3, -0.25) is 4.79 Å². The normalized spacial score (nSPS) is 24.5. The number of nitrogens with one attached hydrogen (secondary N) is 1. The number of piperazine rings is 1. The number of aliphatic hydroxyl groups is 2. The van der Waals surface area contributed by atoms with Crippen LogP contribution >= 0.6 is 0 Å². The van der Waals surface area contributed by atoms with Gasteiger partial charge in [-0.2, -0.15) is 4.98 Å². The fraction of sp³-hybridized carbons (Fsp3) is 0.526. The molecule has 2 aliphatic rings. The lowest BCUT2D eigenvalue weighted by Gasteiger charge is -2.28. The lowest BCUT2D eigenvalue weighted by molar-refractivity contribution is -0.134. The first-order chi connectivity index (χ1) is 13.5. The van der Waals surface area contributed by atoms with E-state index in [2.05, 4.69) is 20.2 Å². The fourth-order valence-corrected chi connectivity index (χ4v) is 3.33. The average molecular weight is 390 g/mol. The zero-order valence-electron chi connectivity index (χ0n) is 15.8. The van der Waals surface area contributed by atoms with Gasteiger partial charge in [-0.05, 0) is 25.0 Å². The van der Waals surface area contributed by atoms with Crippen LogP contribution in [0.1, 0.15) is 19.8 Å². The molecule has 9 heteroatoms. The van der Waals surface area contributed by atoms with Crippen molar-refractivity contribution in [3.05, 3.63) is 24.3 Å². The Labute approximate surface area is 163 Å². The van der Waals surface area contributed by atoms with Crippen LogP contribution in [0.15, 0.2) is 24.3 Å². The van der Waals surface area contributed by atoms with Gasteiger partial charge in [0.1, 0.15) is 12.2 Å². The number of benzene rings is 1. The highest BCUT2D eigenvalue weighted by Gasteiger charge is 2.35. The number of rotatable bonds is 3. The van der Waals surface area contributed by atoms with E-state index in [9.17, 15) is 10.2 Å². The zero-order valence-corrected chi connectivity index (χ0v) is 15.8. The van der Waals surface area contributed by atoms with E-state index in [1.54, 1.807) is 0 Å². The molecule has 0 unspecified atom stereocenters. The molecule has 2 aromatic rings. The summed E-state index contributed by atoms with van der Waals surface area (Å²) in [6.07, 6.45) is -0.880. The van der Waals surface area contributed by atoms with E-state index >= 15 is 0 Å². The van der Waals surface area contributed by atoms with Crippen LogP contribution in [0.2, 0.25) is 0 Å². The summed E-state index contributed by atoms with van der Waals surface area (Å²) >= 11 is 0. The molecule has 4 rings (SSSR count). The molecule has 2 heterocycles. The number of nitrogens with zero attached hydrogens (tertiary/aromatic N) is 3. The van der Waals surface area contributed by atoms with Gasteiger partial charge in [-0.15, -0.1) is 0 Å². The van der Waals surface area contributed by atoms with Crippen molar-refractivity contribution in [1.82, 2.24) is 15.3 Å². The van der Waals surface area contributed by atoms with E-state index < -0.39 is 24.3 Å². The number of anilines is 1. The Bertz CT molecular complexity index is 808. The maximum Gasteiger partial charge on any atom is 0.300 e. The molecule has 1 aliphatic heterocycles. The van der Waals surface area contributed by atoms with Crippen molar-refractivity contribution >= 4 is 22.8 Å². The highest BCUT2D eigenvalue weighted by Crippen LogP contribution is 2.30. The molecule has 152 valence electrons. The molecule has 0 amide bonds. The zero-order chi connectivity index (χ0) is 20.1. The first-order valence-electron chi connectivity index (χ1n) is 9.40. The summed E-state index contributed by atoms with van der Waals surface area (Å²) in [4.78, 5) is 20.4. The van der Waals surface area contributed by atoms with Gasteiger partial charge in [0, 0.05) is 33.1 Å². The summed E-state index contributed by atoms with van der Waals surface area (Å²) in [5.41, 5.74) is 0.823. The molecule has 1 aliphatic carbocycles. The maximum absolute atomic E-state index is 10.1. The number of hydrogen-bond donors (Lipinski definition) is 4. The summed E-state index contributed by atoms with van der Waals surface area (Å²) in [6, 6.07) is 7.72. The highest BCUT2D eigenvalue weighted by molar-refractivity contribution is 5.84. The molecule has 0 bridgehead atoms. The van der Waals surface area contributed by atoms with E-state index in [0.29, 0.717) is 24.7 Å². The van der Waals surface area contributed by atoms with Crippen LogP contribution in [0.4, 0.5) is 5.95 Å². The van der Waals surface area contributed by atoms with Gasteiger partial charge in [-0.1, -0.05) is 12.1 Å². The molecule has 1 saturated heterocycles. The largest absolute Gasteiger partial charge is 0.481 e. The summed E-state index contributed by atoms with van der Waals surface area (Å²) in [5.74, 6) is 0.297. The van der Waals surface area contributed by atoms with Crippen molar-refractivity contribution in [3.63, 3.8) is 0 Å². The van der Waals surface area contributed by atoms with Crippen LogP contribution < -0.4 is 15.0 Å². The number of fused-ring (bicyclic) bond motifs is 1. The Kier molecular flexibility index (Phi) is 6.61. The number of carboxylic acid groups (broad SMARTS) is 1. The minimum Gasteiger partial charge on any atom is -0.481 e. The Morgan fingerprint density at radius 3 is 2.50 bits per heavy atom.